The molecule has 0 aliphatic heterocycles. The Morgan fingerprint density at radius 2 is 1.36 bits per heavy atom. The third-order valence-electron chi connectivity index (χ3n) is 1.70. The molecule has 11 heavy (non-hydrogen) atoms. The molecular formula is C8H21N3. The molecule has 0 aromatic carbocycles. The number of hydrogen-bond donors (Lipinski definition) is 0. The highest BCUT2D eigenvalue weighted by Gasteiger charge is 2.05. The molecule has 0 aliphatic carbocycles. The second-order valence-electron chi connectivity index (χ2n) is 3.02. The molecule has 0 unspecified atom stereocenters. The molecule has 0 bridgehead atoms. The van der Waals surface area contributed by atoms with Crippen LogP contribution in [0.3, 0.4) is 0 Å². The quantitative estimate of drug-likeness (QED) is 0.432. The van der Waals surface area contributed by atoms with E-state index >= 15 is 0 Å². The standard InChI is InChI=1S/C8H21N3/c1-6-11(7-2)10(5)8-9(3)4/h6-8H2,1-5H3. The van der Waals surface area contributed by atoms with E-state index in [0.29, 0.717) is 0 Å². The molecule has 0 heterocycles. The van der Waals surface area contributed by atoms with Gasteiger partial charge in [-0.25, -0.2) is 10.0 Å². The summed E-state index contributed by atoms with van der Waals surface area (Å²) in [4.78, 5) is 2.16. The number of hydrazine groups is 1. The average molecular weight is 159 g/mol. The minimum atomic E-state index is 0.988. The maximum Gasteiger partial charge on any atom is 0.0640 e. The highest BCUT2D eigenvalue weighted by Crippen LogP contribution is 1.93. The van der Waals surface area contributed by atoms with Crippen molar-refractivity contribution in [2.45, 2.75) is 13.8 Å². The number of nitrogens with zero attached hydrogens (tertiary/aromatic N) is 3. The lowest BCUT2D eigenvalue weighted by Crippen LogP contribution is -2.44. The molecule has 0 fully saturated rings. The molecule has 0 aromatic heterocycles. The van der Waals surface area contributed by atoms with Crippen LogP contribution >= 0.6 is 0 Å². The van der Waals surface area contributed by atoms with E-state index in [-0.39, 0.29) is 0 Å². The first-order valence-corrected chi connectivity index (χ1v) is 4.22. The van der Waals surface area contributed by atoms with Crippen LogP contribution in [0.2, 0.25) is 0 Å². The third kappa shape index (κ3) is 4.35. The van der Waals surface area contributed by atoms with Crippen molar-refractivity contribution in [3.8, 4) is 0 Å². The minimum absolute atomic E-state index is 0.988. The zero-order chi connectivity index (χ0) is 8.85. The smallest absolute Gasteiger partial charge is 0.0640 e. The van der Waals surface area contributed by atoms with Gasteiger partial charge in [-0.05, 0) is 14.1 Å². The van der Waals surface area contributed by atoms with Crippen LogP contribution in [0.25, 0.3) is 0 Å². The summed E-state index contributed by atoms with van der Waals surface area (Å²) in [5.74, 6) is 0. The topological polar surface area (TPSA) is 9.72 Å². The molecule has 0 radical (unpaired) electrons. The van der Waals surface area contributed by atoms with E-state index in [1.807, 2.05) is 0 Å². The summed E-state index contributed by atoms with van der Waals surface area (Å²) in [6, 6.07) is 0. The molecule has 0 saturated heterocycles. The molecule has 0 N–H and O–H groups in total. The van der Waals surface area contributed by atoms with E-state index in [0.717, 1.165) is 19.8 Å². The van der Waals surface area contributed by atoms with Crippen LogP contribution in [-0.4, -0.2) is 55.8 Å². The van der Waals surface area contributed by atoms with Crippen LogP contribution in [0.15, 0.2) is 0 Å². The van der Waals surface area contributed by atoms with Gasteiger partial charge in [0.2, 0.25) is 0 Å². The Morgan fingerprint density at radius 3 is 1.64 bits per heavy atom. The van der Waals surface area contributed by atoms with Crippen molar-refractivity contribution >= 4 is 0 Å². The lowest BCUT2D eigenvalue weighted by atomic mass is 10.6. The van der Waals surface area contributed by atoms with E-state index in [1.165, 1.54) is 0 Å². The molecule has 0 aliphatic rings. The maximum atomic E-state index is 2.31. The molecular weight excluding hydrogens is 138 g/mol. The summed E-state index contributed by atoms with van der Waals surface area (Å²) in [6.45, 7) is 7.51. The molecule has 0 atom stereocenters. The molecule has 0 saturated carbocycles. The summed E-state index contributed by atoms with van der Waals surface area (Å²) >= 11 is 0. The van der Waals surface area contributed by atoms with Crippen LogP contribution in [0.1, 0.15) is 13.8 Å². The fraction of sp³-hybridized carbons (Fsp3) is 1.00. The molecule has 3 heteroatoms. The van der Waals surface area contributed by atoms with Gasteiger partial charge in [-0.15, -0.1) is 0 Å². The maximum absolute atomic E-state index is 2.31. The zero-order valence-electron chi connectivity index (χ0n) is 8.46. The summed E-state index contributed by atoms with van der Waals surface area (Å²) in [7, 11) is 6.28. The Hall–Kier alpha value is -0.120. The normalized spacial score (nSPS) is 12.0. The Balaban J connectivity index is 3.68. The van der Waals surface area contributed by atoms with Gasteiger partial charge in [0.1, 0.15) is 0 Å². The molecule has 0 spiro atoms. The van der Waals surface area contributed by atoms with Gasteiger partial charge in [-0.3, -0.25) is 4.90 Å². The van der Waals surface area contributed by atoms with Crippen molar-refractivity contribution in [1.82, 2.24) is 14.9 Å². The minimum Gasteiger partial charge on any atom is -0.296 e. The first-order chi connectivity index (χ1) is 5.11. The van der Waals surface area contributed by atoms with E-state index < -0.39 is 0 Å². The number of hydrogen-bond acceptors (Lipinski definition) is 3. The molecule has 3 nitrogen and oxygen atoms in total. The first-order valence-electron chi connectivity index (χ1n) is 4.22. The molecule has 0 rings (SSSR count). The van der Waals surface area contributed by atoms with E-state index in [9.17, 15) is 0 Å². The van der Waals surface area contributed by atoms with Crippen LogP contribution in [0.5, 0.6) is 0 Å². The van der Waals surface area contributed by atoms with Crippen LogP contribution in [0.4, 0.5) is 0 Å². The predicted octanol–water partition coefficient (Wildman–Crippen LogP) is 0.694. The van der Waals surface area contributed by atoms with Crippen LogP contribution < -0.4 is 0 Å². The van der Waals surface area contributed by atoms with Crippen molar-refractivity contribution < 1.29 is 0 Å². The van der Waals surface area contributed by atoms with Gasteiger partial charge in [0.05, 0.1) is 6.67 Å². The number of rotatable bonds is 5. The largest absolute Gasteiger partial charge is 0.296 e. The Bertz CT molecular complexity index is 89.3. The van der Waals surface area contributed by atoms with Crippen molar-refractivity contribution in [2.24, 2.45) is 0 Å². The Kier molecular flexibility index (Phi) is 5.46. The van der Waals surface area contributed by atoms with Gasteiger partial charge in [-0.2, -0.15) is 0 Å². The SMILES string of the molecule is CCN(CC)N(C)CN(C)C. The molecule has 0 amide bonds. The van der Waals surface area contributed by atoms with Crippen molar-refractivity contribution in [3.63, 3.8) is 0 Å². The van der Waals surface area contributed by atoms with Crippen molar-refractivity contribution in [1.29, 1.82) is 0 Å². The third-order valence-corrected chi connectivity index (χ3v) is 1.70. The zero-order valence-corrected chi connectivity index (χ0v) is 8.46. The van der Waals surface area contributed by atoms with E-state index in [1.54, 1.807) is 0 Å². The monoisotopic (exact) mass is 159 g/mol. The summed E-state index contributed by atoms with van der Waals surface area (Å²) in [5, 5.41) is 4.54. The fourth-order valence-electron chi connectivity index (χ4n) is 1.21. The van der Waals surface area contributed by atoms with Crippen molar-refractivity contribution in [2.75, 3.05) is 40.9 Å². The second-order valence-corrected chi connectivity index (χ2v) is 3.02. The molecule has 68 valence electrons. The van der Waals surface area contributed by atoms with Gasteiger partial charge in [0, 0.05) is 20.1 Å². The van der Waals surface area contributed by atoms with Crippen LogP contribution in [0, 0.1) is 0 Å². The van der Waals surface area contributed by atoms with Gasteiger partial charge in [0.25, 0.3) is 0 Å². The fourth-order valence-corrected chi connectivity index (χ4v) is 1.21. The first kappa shape index (κ1) is 10.9. The molecule has 0 aromatic rings. The second kappa shape index (κ2) is 5.52. The van der Waals surface area contributed by atoms with E-state index in [2.05, 4.69) is 49.9 Å². The Labute approximate surface area is 70.5 Å². The highest BCUT2D eigenvalue weighted by molar-refractivity contribution is 4.47. The summed E-state index contributed by atoms with van der Waals surface area (Å²) in [6.07, 6.45) is 0. The lowest BCUT2D eigenvalue weighted by Gasteiger charge is -2.31. The van der Waals surface area contributed by atoms with Gasteiger partial charge in [-0.1, -0.05) is 13.8 Å². The van der Waals surface area contributed by atoms with E-state index in [4.69, 9.17) is 0 Å². The lowest BCUT2D eigenvalue weighted by molar-refractivity contribution is -0.0230. The van der Waals surface area contributed by atoms with Gasteiger partial charge in [0.15, 0.2) is 0 Å². The summed E-state index contributed by atoms with van der Waals surface area (Å²) < 4.78 is 0. The van der Waals surface area contributed by atoms with Gasteiger partial charge < -0.3 is 0 Å². The predicted molar refractivity (Wildman–Crippen MR) is 49.2 cm³/mol. The van der Waals surface area contributed by atoms with Crippen molar-refractivity contribution in [3.05, 3.63) is 0 Å². The highest BCUT2D eigenvalue weighted by atomic mass is 15.6. The van der Waals surface area contributed by atoms with Crippen LogP contribution in [-0.2, 0) is 0 Å². The Morgan fingerprint density at radius 1 is 0.909 bits per heavy atom. The summed E-state index contributed by atoms with van der Waals surface area (Å²) in [5.41, 5.74) is 0. The van der Waals surface area contributed by atoms with Gasteiger partial charge >= 0.3 is 0 Å². The average Bonchev–Trinajstić information content (AvgIpc) is 1.88.